The van der Waals surface area contributed by atoms with E-state index >= 15 is 0 Å². The van der Waals surface area contributed by atoms with Crippen LogP contribution in [0.4, 0.5) is 0 Å². The van der Waals surface area contributed by atoms with E-state index in [1.54, 1.807) is 0 Å². The average molecular weight is 236 g/mol. The van der Waals surface area contributed by atoms with E-state index in [4.69, 9.17) is 0 Å². The molecular formula is C17H16O. The average Bonchev–Trinajstić information content (AvgIpc) is 2.44. The third kappa shape index (κ3) is 1.59. The molecule has 18 heavy (non-hydrogen) atoms. The molecule has 0 aliphatic heterocycles. The Morgan fingerprint density at radius 2 is 1.61 bits per heavy atom. The highest BCUT2D eigenvalue weighted by molar-refractivity contribution is 6.05. The van der Waals surface area contributed by atoms with Crippen LogP contribution >= 0.6 is 0 Å². The van der Waals surface area contributed by atoms with Crippen molar-refractivity contribution in [3.63, 3.8) is 0 Å². The van der Waals surface area contributed by atoms with Gasteiger partial charge >= 0.3 is 0 Å². The summed E-state index contributed by atoms with van der Waals surface area (Å²) in [7, 11) is 0. The number of hydrogen-bond acceptors (Lipinski definition) is 1. The summed E-state index contributed by atoms with van der Waals surface area (Å²) in [4.78, 5) is 12.7. The Bertz CT molecular complexity index is 586. The highest BCUT2D eigenvalue weighted by atomic mass is 16.1. The molecular weight excluding hydrogens is 220 g/mol. The van der Waals surface area contributed by atoms with Gasteiger partial charge in [0.2, 0.25) is 0 Å². The molecule has 0 spiro atoms. The van der Waals surface area contributed by atoms with Crippen LogP contribution in [0.2, 0.25) is 0 Å². The van der Waals surface area contributed by atoms with Gasteiger partial charge in [-0.3, -0.25) is 4.79 Å². The lowest BCUT2D eigenvalue weighted by atomic mass is 9.68. The third-order valence-electron chi connectivity index (χ3n) is 4.07. The summed E-state index contributed by atoms with van der Waals surface area (Å²) in [6, 6.07) is 18.1. The maximum atomic E-state index is 12.7. The second-order valence-corrected chi connectivity index (χ2v) is 5.18. The predicted molar refractivity (Wildman–Crippen MR) is 72.9 cm³/mol. The molecule has 0 bridgehead atoms. The number of carbonyl (C=O) groups excluding carboxylic acids is 1. The molecule has 0 saturated carbocycles. The lowest BCUT2D eigenvalue weighted by Crippen LogP contribution is -2.37. The van der Waals surface area contributed by atoms with Gasteiger partial charge in [-0.2, -0.15) is 0 Å². The SMILES string of the molecule is C[C@@]1(c2ccccc2)CCc2ccccc2C1=O. The first-order valence-corrected chi connectivity index (χ1v) is 6.40. The maximum absolute atomic E-state index is 12.7. The normalized spacial score (nSPS) is 22.6. The topological polar surface area (TPSA) is 17.1 Å². The van der Waals surface area contributed by atoms with Crippen LogP contribution < -0.4 is 0 Å². The Morgan fingerprint density at radius 1 is 0.944 bits per heavy atom. The smallest absolute Gasteiger partial charge is 0.173 e. The third-order valence-corrected chi connectivity index (χ3v) is 4.07. The fourth-order valence-electron chi connectivity index (χ4n) is 2.84. The van der Waals surface area contributed by atoms with E-state index in [2.05, 4.69) is 25.1 Å². The van der Waals surface area contributed by atoms with E-state index in [9.17, 15) is 4.79 Å². The van der Waals surface area contributed by atoms with Crippen molar-refractivity contribution in [1.29, 1.82) is 0 Å². The van der Waals surface area contributed by atoms with Crippen molar-refractivity contribution in [3.05, 3.63) is 71.3 Å². The summed E-state index contributed by atoms with van der Waals surface area (Å²) in [5, 5.41) is 0. The number of carbonyl (C=O) groups is 1. The van der Waals surface area contributed by atoms with E-state index in [1.807, 2.05) is 36.4 Å². The first kappa shape index (κ1) is 11.2. The van der Waals surface area contributed by atoms with Crippen molar-refractivity contribution in [2.75, 3.05) is 0 Å². The quantitative estimate of drug-likeness (QED) is 0.736. The van der Waals surface area contributed by atoms with Crippen LogP contribution in [0.5, 0.6) is 0 Å². The van der Waals surface area contributed by atoms with E-state index < -0.39 is 0 Å². The minimum absolute atomic E-state index is 0.260. The molecule has 0 heterocycles. The predicted octanol–water partition coefficient (Wildman–Crippen LogP) is 3.77. The highest BCUT2D eigenvalue weighted by Crippen LogP contribution is 2.37. The Hall–Kier alpha value is -1.89. The molecule has 90 valence electrons. The number of benzene rings is 2. The fraction of sp³-hybridized carbons (Fsp3) is 0.235. The van der Waals surface area contributed by atoms with Gasteiger partial charge in [-0.25, -0.2) is 0 Å². The van der Waals surface area contributed by atoms with Crippen molar-refractivity contribution < 1.29 is 4.79 Å². The van der Waals surface area contributed by atoms with Crippen LogP contribution in [0, 0.1) is 0 Å². The molecule has 1 aliphatic carbocycles. The van der Waals surface area contributed by atoms with Crippen molar-refractivity contribution in [2.24, 2.45) is 0 Å². The number of aryl methyl sites for hydroxylation is 1. The highest BCUT2D eigenvalue weighted by Gasteiger charge is 2.39. The summed E-state index contributed by atoms with van der Waals surface area (Å²) in [5.41, 5.74) is 2.85. The zero-order chi connectivity index (χ0) is 12.6. The molecule has 1 heteroatoms. The molecule has 0 saturated heterocycles. The van der Waals surface area contributed by atoms with Crippen LogP contribution in [0.3, 0.4) is 0 Å². The second kappa shape index (κ2) is 4.09. The Labute approximate surface area is 107 Å². The summed E-state index contributed by atoms with van der Waals surface area (Å²) < 4.78 is 0. The zero-order valence-electron chi connectivity index (χ0n) is 10.5. The molecule has 0 radical (unpaired) electrons. The van der Waals surface area contributed by atoms with Gasteiger partial charge in [0.15, 0.2) is 5.78 Å². The molecule has 0 amide bonds. The molecule has 0 N–H and O–H groups in total. The van der Waals surface area contributed by atoms with Crippen LogP contribution in [0.1, 0.15) is 34.8 Å². The molecule has 0 fully saturated rings. The summed E-state index contributed by atoms with van der Waals surface area (Å²) in [6.07, 6.45) is 1.88. The lowest BCUT2D eigenvalue weighted by Gasteiger charge is -2.33. The molecule has 3 rings (SSSR count). The first-order chi connectivity index (χ1) is 8.72. The van der Waals surface area contributed by atoms with Gasteiger partial charge in [0, 0.05) is 5.56 Å². The monoisotopic (exact) mass is 236 g/mol. The Kier molecular flexibility index (Phi) is 2.55. The fourth-order valence-corrected chi connectivity index (χ4v) is 2.84. The van der Waals surface area contributed by atoms with Crippen LogP contribution in [0.15, 0.2) is 54.6 Å². The number of Topliss-reactive ketones (excluding diaryl/α,β-unsaturated/α-hetero) is 1. The standard InChI is InChI=1S/C17H16O/c1-17(14-8-3-2-4-9-14)12-11-13-7-5-6-10-15(13)16(17)18/h2-10H,11-12H2,1H3/t17-/m0/s1. The molecule has 2 aromatic carbocycles. The minimum Gasteiger partial charge on any atom is -0.293 e. The molecule has 1 aliphatic rings. The summed E-state index contributed by atoms with van der Waals surface area (Å²) in [6.45, 7) is 2.07. The molecule has 1 atom stereocenters. The van der Waals surface area contributed by atoms with Crippen LogP contribution in [-0.2, 0) is 11.8 Å². The number of rotatable bonds is 1. The maximum Gasteiger partial charge on any atom is 0.173 e. The first-order valence-electron chi connectivity index (χ1n) is 6.40. The van der Waals surface area contributed by atoms with Gasteiger partial charge in [0.25, 0.3) is 0 Å². The Morgan fingerprint density at radius 3 is 2.39 bits per heavy atom. The number of hydrogen-bond donors (Lipinski definition) is 0. The number of ketones is 1. The van der Waals surface area contributed by atoms with Gasteiger partial charge in [-0.05, 0) is 30.9 Å². The van der Waals surface area contributed by atoms with Gasteiger partial charge < -0.3 is 0 Å². The van der Waals surface area contributed by atoms with Crippen molar-refractivity contribution in [3.8, 4) is 0 Å². The van der Waals surface area contributed by atoms with Crippen LogP contribution in [-0.4, -0.2) is 5.78 Å². The molecule has 0 aromatic heterocycles. The van der Waals surface area contributed by atoms with Gasteiger partial charge in [0.05, 0.1) is 5.41 Å². The van der Waals surface area contributed by atoms with Gasteiger partial charge in [-0.15, -0.1) is 0 Å². The second-order valence-electron chi connectivity index (χ2n) is 5.18. The molecule has 2 aromatic rings. The summed E-state index contributed by atoms with van der Waals surface area (Å²) >= 11 is 0. The largest absolute Gasteiger partial charge is 0.293 e. The van der Waals surface area contributed by atoms with E-state index in [-0.39, 0.29) is 11.2 Å². The summed E-state index contributed by atoms with van der Waals surface area (Å²) in [5.74, 6) is 0.260. The van der Waals surface area contributed by atoms with E-state index in [0.717, 1.165) is 24.0 Å². The van der Waals surface area contributed by atoms with Gasteiger partial charge in [-0.1, -0.05) is 54.6 Å². The van der Waals surface area contributed by atoms with Crippen molar-refractivity contribution in [2.45, 2.75) is 25.2 Å². The van der Waals surface area contributed by atoms with Crippen molar-refractivity contribution in [1.82, 2.24) is 0 Å². The van der Waals surface area contributed by atoms with Crippen LogP contribution in [0.25, 0.3) is 0 Å². The molecule has 1 nitrogen and oxygen atoms in total. The zero-order valence-corrected chi connectivity index (χ0v) is 10.5. The number of fused-ring (bicyclic) bond motifs is 1. The lowest BCUT2D eigenvalue weighted by molar-refractivity contribution is 0.0875. The molecule has 0 unspecified atom stereocenters. The van der Waals surface area contributed by atoms with E-state index in [0.29, 0.717) is 0 Å². The van der Waals surface area contributed by atoms with Gasteiger partial charge in [0.1, 0.15) is 0 Å². The Balaban J connectivity index is 2.10. The van der Waals surface area contributed by atoms with Crippen molar-refractivity contribution >= 4 is 5.78 Å². The minimum atomic E-state index is -0.365. The van der Waals surface area contributed by atoms with E-state index in [1.165, 1.54) is 5.56 Å².